The molecule has 1 nitrogen and oxygen atoms in total. The fraction of sp³-hybridized carbons (Fsp3) is 0.700. The summed E-state index contributed by atoms with van der Waals surface area (Å²) in [5.41, 5.74) is 3.86. The summed E-state index contributed by atoms with van der Waals surface area (Å²) in [4.78, 5) is 0. The van der Waals surface area contributed by atoms with Crippen LogP contribution in [0.1, 0.15) is 69.0 Å². The highest BCUT2D eigenvalue weighted by Gasteiger charge is 2.54. The third-order valence-corrected chi connectivity index (χ3v) is 7.54. The van der Waals surface area contributed by atoms with E-state index in [1.165, 1.54) is 32.1 Å². The summed E-state index contributed by atoms with van der Waals surface area (Å²) in [6.07, 6.45) is 7.13. The van der Waals surface area contributed by atoms with Gasteiger partial charge in [0.2, 0.25) is 0 Å². The normalized spacial score (nSPS) is 44.8. The van der Waals surface area contributed by atoms with E-state index in [-0.39, 0.29) is 0 Å². The van der Waals surface area contributed by atoms with Crippen molar-refractivity contribution < 1.29 is 0 Å². The van der Waals surface area contributed by atoms with Crippen LogP contribution in [0.5, 0.6) is 0 Å². The van der Waals surface area contributed by atoms with E-state index in [0.29, 0.717) is 11.5 Å². The molecule has 0 aliphatic heterocycles. The fourth-order valence-electron chi connectivity index (χ4n) is 6.10. The summed E-state index contributed by atoms with van der Waals surface area (Å²) in [6.45, 7) is 5.10. The fourth-order valence-corrected chi connectivity index (χ4v) is 6.10. The maximum Gasteiger partial charge on any atom is 0.0323 e. The minimum atomic E-state index is 0.570. The quantitative estimate of drug-likeness (QED) is 0.773. The van der Waals surface area contributed by atoms with Crippen LogP contribution >= 0.6 is 0 Å². The Morgan fingerprint density at radius 1 is 1.10 bits per heavy atom. The van der Waals surface area contributed by atoms with Gasteiger partial charge in [0.15, 0.2) is 0 Å². The minimum Gasteiger partial charge on any atom is -0.313 e. The Hall–Kier alpha value is -0.820. The molecule has 4 rings (SSSR count). The lowest BCUT2D eigenvalue weighted by atomic mass is 9.54. The van der Waals surface area contributed by atoms with Gasteiger partial charge in [-0.25, -0.2) is 0 Å². The summed E-state index contributed by atoms with van der Waals surface area (Å²) < 4.78 is 0. The van der Waals surface area contributed by atoms with Gasteiger partial charge in [-0.15, -0.1) is 0 Å². The van der Waals surface area contributed by atoms with Crippen molar-refractivity contribution in [1.82, 2.24) is 5.32 Å². The van der Waals surface area contributed by atoms with Crippen molar-refractivity contribution in [3.8, 4) is 0 Å². The van der Waals surface area contributed by atoms with Crippen LogP contribution in [-0.2, 0) is 0 Å². The van der Waals surface area contributed by atoms with E-state index in [1.807, 2.05) is 0 Å². The Morgan fingerprint density at radius 2 is 1.86 bits per heavy atom. The van der Waals surface area contributed by atoms with Gasteiger partial charge >= 0.3 is 0 Å². The van der Waals surface area contributed by atoms with E-state index in [4.69, 9.17) is 0 Å². The molecule has 0 radical (unpaired) electrons. The van der Waals surface area contributed by atoms with Gasteiger partial charge in [-0.1, -0.05) is 38.1 Å². The lowest BCUT2D eigenvalue weighted by Gasteiger charge is -2.52. The van der Waals surface area contributed by atoms with E-state index in [9.17, 15) is 0 Å². The number of fused-ring (bicyclic) bond motifs is 5. The predicted octanol–water partition coefficient (Wildman–Crippen LogP) is 4.90. The summed E-state index contributed by atoms with van der Waals surface area (Å²) in [6, 6.07) is 9.81. The maximum atomic E-state index is 3.60. The monoisotopic (exact) mass is 283 g/mol. The molecule has 21 heavy (non-hydrogen) atoms. The topological polar surface area (TPSA) is 12.0 Å². The Morgan fingerprint density at radius 3 is 2.62 bits per heavy atom. The van der Waals surface area contributed by atoms with Crippen LogP contribution in [0.15, 0.2) is 24.3 Å². The number of rotatable bonds is 1. The number of nitrogens with one attached hydrogen (secondary N) is 1. The molecule has 1 aromatic rings. The van der Waals surface area contributed by atoms with Gasteiger partial charge in [-0.05, 0) is 79.4 Å². The smallest absolute Gasteiger partial charge is 0.0323 e. The zero-order valence-corrected chi connectivity index (χ0v) is 13.7. The highest BCUT2D eigenvalue weighted by atomic mass is 14.9. The van der Waals surface area contributed by atoms with Crippen molar-refractivity contribution in [3.63, 3.8) is 0 Å². The van der Waals surface area contributed by atoms with Crippen LogP contribution < -0.4 is 5.32 Å². The zero-order chi connectivity index (χ0) is 14.6. The molecule has 2 fully saturated rings. The van der Waals surface area contributed by atoms with Crippen molar-refractivity contribution in [2.75, 3.05) is 7.05 Å². The van der Waals surface area contributed by atoms with Crippen LogP contribution in [0.3, 0.4) is 0 Å². The van der Waals surface area contributed by atoms with Crippen molar-refractivity contribution in [2.45, 2.75) is 57.9 Å². The standard InChI is InChI=1S/C20H29N/c1-13-8-9-18-17-12-19(21-3)16-7-5-4-6-14(16)15(17)10-11-20(13,18)2/h4-7,13,15,17-19,21H,8-12H2,1-3H3. The van der Waals surface area contributed by atoms with Crippen molar-refractivity contribution in [2.24, 2.45) is 23.2 Å². The molecular weight excluding hydrogens is 254 g/mol. The molecule has 1 N–H and O–H groups in total. The predicted molar refractivity (Wildman–Crippen MR) is 88.3 cm³/mol. The molecule has 0 amide bonds. The van der Waals surface area contributed by atoms with Crippen molar-refractivity contribution >= 4 is 0 Å². The van der Waals surface area contributed by atoms with E-state index in [0.717, 1.165) is 23.7 Å². The molecule has 6 unspecified atom stereocenters. The first-order chi connectivity index (χ1) is 10.1. The lowest BCUT2D eigenvalue weighted by Crippen LogP contribution is -2.43. The average molecular weight is 283 g/mol. The Balaban J connectivity index is 1.75. The molecule has 3 aliphatic rings. The van der Waals surface area contributed by atoms with Gasteiger partial charge in [0.1, 0.15) is 0 Å². The average Bonchev–Trinajstić information content (AvgIpc) is 2.82. The van der Waals surface area contributed by atoms with Gasteiger partial charge in [0, 0.05) is 6.04 Å². The van der Waals surface area contributed by atoms with Crippen LogP contribution in [0.4, 0.5) is 0 Å². The van der Waals surface area contributed by atoms with E-state index in [1.54, 1.807) is 11.1 Å². The van der Waals surface area contributed by atoms with E-state index >= 15 is 0 Å². The minimum absolute atomic E-state index is 0.570. The first-order valence-electron chi connectivity index (χ1n) is 8.91. The molecule has 0 spiro atoms. The summed E-state index contributed by atoms with van der Waals surface area (Å²) in [5.74, 6) is 3.61. The number of benzene rings is 1. The molecule has 0 heterocycles. The van der Waals surface area contributed by atoms with Crippen molar-refractivity contribution in [1.29, 1.82) is 0 Å². The van der Waals surface area contributed by atoms with Crippen LogP contribution in [0.25, 0.3) is 0 Å². The largest absolute Gasteiger partial charge is 0.313 e. The summed E-state index contributed by atoms with van der Waals surface area (Å²) >= 11 is 0. The number of hydrogen-bond acceptors (Lipinski definition) is 1. The van der Waals surface area contributed by atoms with Crippen LogP contribution in [0.2, 0.25) is 0 Å². The molecule has 0 saturated heterocycles. The molecule has 0 bridgehead atoms. The van der Waals surface area contributed by atoms with Crippen molar-refractivity contribution in [3.05, 3.63) is 35.4 Å². The molecule has 2 saturated carbocycles. The van der Waals surface area contributed by atoms with Gasteiger partial charge in [0.05, 0.1) is 0 Å². The first kappa shape index (κ1) is 13.8. The molecule has 6 atom stereocenters. The highest BCUT2D eigenvalue weighted by Crippen LogP contribution is 2.63. The first-order valence-corrected chi connectivity index (χ1v) is 8.91. The van der Waals surface area contributed by atoms with E-state index in [2.05, 4.69) is 50.5 Å². The lowest BCUT2D eigenvalue weighted by molar-refractivity contribution is 0.0272. The number of hydrogen-bond donors (Lipinski definition) is 1. The maximum absolute atomic E-state index is 3.60. The second kappa shape index (κ2) is 4.84. The summed E-state index contributed by atoms with van der Waals surface area (Å²) in [7, 11) is 2.14. The highest BCUT2D eigenvalue weighted by molar-refractivity contribution is 5.37. The third kappa shape index (κ3) is 1.86. The molecule has 1 aromatic carbocycles. The second-order valence-electron chi connectivity index (χ2n) is 8.11. The molecule has 114 valence electrons. The summed E-state index contributed by atoms with van der Waals surface area (Å²) in [5, 5.41) is 3.60. The van der Waals surface area contributed by atoms with Gasteiger partial charge in [-0.2, -0.15) is 0 Å². The Bertz CT molecular complexity index is 536. The van der Waals surface area contributed by atoms with Gasteiger partial charge in [0.25, 0.3) is 0 Å². The molecular formula is C20H29N. The van der Waals surface area contributed by atoms with E-state index < -0.39 is 0 Å². The second-order valence-corrected chi connectivity index (χ2v) is 8.11. The Kier molecular flexibility index (Phi) is 3.19. The SMILES string of the molecule is CNC1CC2C(CCC3(C)C(C)CCC23)c2ccccc21. The molecule has 1 heteroatoms. The van der Waals surface area contributed by atoms with Crippen LogP contribution in [0, 0.1) is 23.2 Å². The Labute approximate surface area is 129 Å². The molecule has 0 aromatic heterocycles. The van der Waals surface area contributed by atoms with Gasteiger partial charge in [-0.3, -0.25) is 0 Å². The van der Waals surface area contributed by atoms with Gasteiger partial charge < -0.3 is 5.32 Å². The third-order valence-electron chi connectivity index (χ3n) is 7.54. The van der Waals surface area contributed by atoms with Crippen LogP contribution in [-0.4, -0.2) is 7.05 Å². The molecule has 3 aliphatic carbocycles. The zero-order valence-electron chi connectivity index (χ0n) is 13.7.